The van der Waals surface area contributed by atoms with E-state index in [-0.39, 0.29) is 5.75 Å². The van der Waals surface area contributed by atoms with Crippen LogP contribution in [0.1, 0.15) is 11.9 Å². The highest BCUT2D eigenvalue weighted by molar-refractivity contribution is 7.13. The SMILES string of the molecule is CCNCc1nnc(Oc2ccc(F)c(F)c2)s1. The summed E-state index contributed by atoms with van der Waals surface area (Å²) in [6.07, 6.45) is 0. The lowest BCUT2D eigenvalue weighted by atomic mass is 10.3. The van der Waals surface area contributed by atoms with Crippen molar-refractivity contribution in [2.24, 2.45) is 0 Å². The van der Waals surface area contributed by atoms with Crippen molar-refractivity contribution in [1.82, 2.24) is 15.5 Å². The normalized spacial score (nSPS) is 10.6. The topological polar surface area (TPSA) is 47.0 Å². The molecule has 0 fully saturated rings. The lowest BCUT2D eigenvalue weighted by molar-refractivity contribution is 0.455. The quantitative estimate of drug-likeness (QED) is 0.908. The Kier molecular flexibility index (Phi) is 4.16. The Morgan fingerprint density at radius 2 is 2.11 bits per heavy atom. The van der Waals surface area contributed by atoms with Crippen molar-refractivity contribution < 1.29 is 13.5 Å². The summed E-state index contributed by atoms with van der Waals surface area (Å²) in [5.41, 5.74) is 0. The molecule has 0 radical (unpaired) electrons. The first-order chi connectivity index (χ1) is 8.69. The van der Waals surface area contributed by atoms with E-state index in [1.807, 2.05) is 6.92 Å². The van der Waals surface area contributed by atoms with Crippen LogP contribution in [0.25, 0.3) is 0 Å². The maximum atomic E-state index is 13.0. The molecule has 0 saturated carbocycles. The lowest BCUT2D eigenvalue weighted by Gasteiger charge is -2.00. The standard InChI is InChI=1S/C11H11F2N3OS/c1-2-14-6-10-15-16-11(18-10)17-7-3-4-8(12)9(13)5-7/h3-5,14H,2,6H2,1H3. The Balaban J connectivity index is 2.04. The number of rotatable bonds is 5. The lowest BCUT2D eigenvalue weighted by Crippen LogP contribution is -2.11. The Hall–Kier alpha value is -1.60. The van der Waals surface area contributed by atoms with Crippen LogP contribution in [-0.2, 0) is 6.54 Å². The van der Waals surface area contributed by atoms with Gasteiger partial charge in [0.15, 0.2) is 11.6 Å². The van der Waals surface area contributed by atoms with Crippen LogP contribution < -0.4 is 10.1 Å². The van der Waals surface area contributed by atoms with E-state index >= 15 is 0 Å². The average Bonchev–Trinajstić information content (AvgIpc) is 2.79. The smallest absolute Gasteiger partial charge is 0.299 e. The average molecular weight is 271 g/mol. The van der Waals surface area contributed by atoms with Gasteiger partial charge in [-0.15, -0.1) is 5.10 Å². The third-order valence-corrected chi connectivity index (χ3v) is 2.87. The highest BCUT2D eigenvalue weighted by Gasteiger charge is 2.08. The third kappa shape index (κ3) is 3.21. The highest BCUT2D eigenvalue weighted by Crippen LogP contribution is 2.25. The van der Waals surface area contributed by atoms with Gasteiger partial charge in [0.25, 0.3) is 5.19 Å². The number of nitrogens with one attached hydrogen (secondary N) is 1. The van der Waals surface area contributed by atoms with Crippen LogP contribution in [0, 0.1) is 11.6 Å². The van der Waals surface area contributed by atoms with Crippen molar-refractivity contribution in [3.8, 4) is 10.9 Å². The van der Waals surface area contributed by atoms with Crippen LogP contribution in [0.15, 0.2) is 18.2 Å². The zero-order valence-corrected chi connectivity index (χ0v) is 10.4. The third-order valence-electron chi connectivity index (χ3n) is 2.07. The maximum Gasteiger partial charge on any atom is 0.299 e. The molecule has 2 rings (SSSR count). The van der Waals surface area contributed by atoms with E-state index < -0.39 is 11.6 Å². The van der Waals surface area contributed by atoms with Crippen LogP contribution >= 0.6 is 11.3 Å². The van der Waals surface area contributed by atoms with Crippen LogP contribution in [0.3, 0.4) is 0 Å². The van der Waals surface area contributed by atoms with Gasteiger partial charge in [-0.05, 0) is 18.7 Å². The van der Waals surface area contributed by atoms with E-state index in [0.717, 1.165) is 23.7 Å². The molecule has 1 aromatic heterocycles. The molecule has 0 aliphatic carbocycles. The van der Waals surface area contributed by atoms with Crippen LogP contribution in [0.4, 0.5) is 8.78 Å². The number of hydrogen-bond acceptors (Lipinski definition) is 5. The van der Waals surface area contributed by atoms with E-state index in [2.05, 4.69) is 15.5 Å². The van der Waals surface area contributed by atoms with Crippen LogP contribution in [-0.4, -0.2) is 16.7 Å². The van der Waals surface area contributed by atoms with Crippen molar-refractivity contribution in [3.63, 3.8) is 0 Å². The molecular weight excluding hydrogens is 260 g/mol. The fraction of sp³-hybridized carbons (Fsp3) is 0.273. The molecule has 0 spiro atoms. The summed E-state index contributed by atoms with van der Waals surface area (Å²) >= 11 is 1.25. The van der Waals surface area contributed by atoms with Gasteiger partial charge < -0.3 is 10.1 Å². The number of aromatic nitrogens is 2. The van der Waals surface area contributed by atoms with Crippen molar-refractivity contribution in [2.45, 2.75) is 13.5 Å². The van der Waals surface area contributed by atoms with E-state index in [9.17, 15) is 8.78 Å². The van der Waals surface area contributed by atoms with Crippen molar-refractivity contribution in [2.75, 3.05) is 6.54 Å². The van der Waals surface area contributed by atoms with E-state index in [1.54, 1.807) is 0 Å². The molecule has 0 amide bonds. The minimum absolute atomic E-state index is 0.194. The van der Waals surface area contributed by atoms with Crippen LogP contribution in [0.2, 0.25) is 0 Å². The van der Waals surface area contributed by atoms with E-state index in [4.69, 9.17) is 4.74 Å². The summed E-state index contributed by atoms with van der Waals surface area (Å²) in [5, 5.41) is 11.9. The summed E-state index contributed by atoms with van der Waals surface area (Å²) in [7, 11) is 0. The van der Waals surface area contributed by atoms with Crippen molar-refractivity contribution in [1.29, 1.82) is 0 Å². The molecule has 1 N–H and O–H groups in total. The molecule has 0 unspecified atom stereocenters. The number of halogens is 2. The first-order valence-electron chi connectivity index (χ1n) is 5.35. The Morgan fingerprint density at radius 3 is 2.83 bits per heavy atom. The predicted molar refractivity (Wildman–Crippen MR) is 63.7 cm³/mol. The molecule has 0 atom stereocenters. The van der Waals surface area contributed by atoms with Gasteiger partial charge in [-0.1, -0.05) is 23.4 Å². The van der Waals surface area contributed by atoms with Gasteiger partial charge in [0.1, 0.15) is 10.8 Å². The minimum atomic E-state index is -0.954. The Morgan fingerprint density at radius 1 is 1.28 bits per heavy atom. The zero-order chi connectivity index (χ0) is 13.0. The number of ether oxygens (including phenoxy) is 1. The van der Waals surface area contributed by atoms with Gasteiger partial charge in [-0.2, -0.15) is 0 Å². The molecule has 0 bridgehead atoms. The molecule has 0 aliphatic rings. The first-order valence-corrected chi connectivity index (χ1v) is 6.16. The molecule has 1 heterocycles. The monoisotopic (exact) mass is 271 g/mol. The molecular formula is C11H11F2N3OS. The van der Waals surface area contributed by atoms with Gasteiger partial charge in [0.2, 0.25) is 0 Å². The molecule has 2 aromatic rings. The van der Waals surface area contributed by atoms with Gasteiger partial charge in [-0.3, -0.25) is 0 Å². The van der Waals surface area contributed by atoms with Gasteiger partial charge in [0, 0.05) is 12.6 Å². The number of nitrogens with zero attached hydrogens (tertiary/aromatic N) is 2. The second-order valence-electron chi connectivity index (χ2n) is 3.42. The summed E-state index contributed by atoms with van der Waals surface area (Å²) in [4.78, 5) is 0. The fourth-order valence-corrected chi connectivity index (χ4v) is 1.90. The molecule has 96 valence electrons. The summed E-state index contributed by atoms with van der Waals surface area (Å²) in [6.45, 7) is 3.42. The largest absolute Gasteiger partial charge is 0.430 e. The minimum Gasteiger partial charge on any atom is -0.430 e. The summed E-state index contributed by atoms with van der Waals surface area (Å²) < 4.78 is 31.0. The molecule has 7 heteroatoms. The van der Waals surface area contributed by atoms with Crippen molar-refractivity contribution >= 4 is 11.3 Å². The maximum absolute atomic E-state index is 13.0. The van der Waals surface area contributed by atoms with Gasteiger partial charge in [0.05, 0.1) is 0 Å². The fourth-order valence-electron chi connectivity index (χ4n) is 1.22. The molecule has 1 aromatic carbocycles. The number of hydrogen-bond donors (Lipinski definition) is 1. The van der Waals surface area contributed by atoms with E-state index in [1.165, 1.54) is 17.4 Å². The number of benzene rings is 1. The summed E-state index contributed by atoms with van der Waals surface area (Å²) in [6, 6.07) is 3.32. The molecule has 0 aliphatic heterocycles. The van der Waals surface area contributed by atoms with E-state index in [0.29, 0.717) is 11.7 Å². The predicted octanol–water partition coefficient (Wildman–Crippen LogP) is 2.72. The second kappa shape index (κ2) is 5.83. The van der Waals surface area contributed by atoms with Gasteiger partial charge in [-0.25, -0.2) is 8.78 Å². The van der Waals surface area contributed by atoms with Gasteiger partial charge >= 0.3 is 0 Å². The Labute approximate surface area is 107 Å². The zero-order valence-electron chi connectivity index (χ0n) is 9.61. The first kappa shape index (κ1) is 12.8. The van der Waals surface area contributed by atoms with Crippen LogP contribution in [0.5, 0.6) is 10.9 Å². The summed E-state index contributed by atoms with van der Waals surface area (Å²) in [5.74, 6) is -1.67. The second-order valence-corrected chi connectivity index (χ2v) is 4.44. The molecule has 18 heavy (non-hydrogen) atoms. The Bertz CT molecular complexity index is 533. The highest BCUT2D eigenvalue weighted by atomic mass is 32.1. The molecule has 0 saturated heterocycles. The van der Waals surface area contributed by atoms with Crippen molar-refractivity contribution in [3.05, 3.63) is 34.8 Å². The molecule has 4 nitrogen and oxygen atoms in total.